The highest BCUT2D eigenvalue weighted by molar-refractivity contribution is 9.10. The zero-order valence-corrected chi connectivity index (χ0v) is 11.3. The van der Waals surface area contributed by atoms with E-state index in [1.54, 1.807) is 6.07 Å². The zero-order valence-electron chi connectivity index (χ0n) is 9.71. The van der Waals surface area contributed by atoms with Gasteiger partial charge in [-0.1, -0.05) is 15.9 Å². The second-order valence-electron chi connectivity index (χ2n) is 4.77. The van der Waals surface area contributed by atoms with Crippen LogP contribution in [0.25, 0.3) is 0 Å². The summed E-state index contributed by atoms with van der Waals surface area (Å²) in [6.07, 6.45) is 2.69. The number of halogens is 2. The average Bonchev–Trinajstić information content (AvgIpc) is 2.97. The van der Waals surface area contributed by atoms with Crippen LogP contribution in [0.15, 0.2) is 22.7 Å². The predicted molar refractivity (Wildman–Crippen MR) is 67.8 cm³/mol. The van der Waals surface area contributed by atoms with Crippen molar-refractivity contribution in [1.29, 1.82) is 0 Å². The molecule has 0 heterocycles. The summed E-state index contributed by atoms with van der Waals surface area (Å²) < 4.78 is 14.0. The van der Waals surface area contributed by atoms with Gasteiger partial charge in [0.2, 0.25) is 0 Å². The Morgan fingerprint density at radius 3 is 2.69 bits per heavy atom. The Bertz CT molecular complexity index is 356. The fraction of sp³-hybridized carbons (Fsp3) is 0.538. The van der Waals surface area contributed by atoms with E-state index in [-0.39, 0.29) is 5.82 Å². The summed E-state index contributed by atoms with van der Waals surface area (Å²) in [6, 6.07) is 5.69. The van der Waals surface area contributed by atoms with Crippen LogP contribution in [0.5, 0.6) is 0 Å². The topological polar surface area (TPSA) is 3.24 Å². The quantitative estimate of drug-likeness (QED) is 0.813. The van der Waals surface area contributed by atoms with E-state index in [0.29, 0.717) is 6.04 Å². The second-order valence-corrected chi connectivity index (χ2v) is 5.69. The molecule has 1 nitrogen and oxygen atoms in total. The van der Waals surface area contributed by atoms with Gasteiger partial charge in [0.05, 0.1) is 0 Å². The molecular weight excluding hydrogens is 269 g/mol. The molecule has 0 aromatic heterocycles. The maximum Gasteiger partial charge on any atom is 0.124 e. The van der Waals surface area contributed by atoms with Crippen LogP contribution in [0.3, 0.4) is 0 Å². The standard InChI is InChI=1S/C13H17BrFN/c1-9(11-3-4-11)16(2)8-10-5-12(14)7-13(15)6-10/h5-7,9,11H,3-4,8H2,1-2H3. The molecule has 16 heavy (non-hydrogen) atoms. The van der Waals surface area contributed by atoms with Crippen LogP contribution in [0.1, 0.15) is 25.3 Å². The number of nitrogens with zero attached hydrogens (tertiary/aromatic N) is 1. The largest absolute Gasteiger partial charge is 0.299 e. The number of benzene rings is 1. The SMILES string of the molecule is CC(C1CC1)N(C)Cc1cc(F)cc(Br)c1. The van der Waals surface area contributed by atoms with E-state index in [9.17, 15) is 4.39 Å². The molecule has 0 spiro atoms. The van der Waals surface area contributed by atoms with Gasteiger partial charge in [0.15, 0.2) is 0 Å². The second kappa shape index (κ2) is 4.84. The Morgan fingerprint density at radius 2 is 2.12 bits per heavy atom. The third-order valence-corrected chi connectivity index (χ3v) is 3.81. The zero-order chi connectivity index (χ0) is 11.7. The molecule has 1 saturated carbocycles. The Labute approximate surface area is 105 Å². The molecule has 0 aliphatic heterocycles. The summed E-state index contributed by atoms with van der Waals surface area (Å²) in [5, 5.41) is 0. The van der Waals surface area contributed by atoms with Crippen molar-refractivity contribution >= 4 is 15.9 Å². The van der Waals surface area contributed by atoms with Gasteiger partial charge in [-0.2, -0.15) is 0 Å². The van der Waals surface area contributed by atoms with Gasteiger partial charge in [-0.25, -0.2) is 4.39 Å². The Kier molecular flexibility index (Phi) is 3.65. The van der Waals surface area contributed by atoms with Crippen molar-refractivity contribution in [1.82, 2.24) is 4.90 Å². The Morgan fingerprint density at radius 1 is 1.44 bits per heavy atom. The molecule has 1 aliphatic carbocycles. The maximum atomic E-state index is 13.2. The lowest BCUT2D eigenvalue weighted by molar-refractivity contribution is 0.226. The highest BCUT2D eigenvalue weighted by atomic mass is 79.9. The highest BCUT2D eigenvalue weighted by Crippen LogP contribution is 2.35. The van der Waals surface area contributed by atoms with E-state index in [1.807, 2.05) is 6.07 Å². The molecule has 0 N–H and O–H groups in total. The van der Waals surface area contributed by atoms with Crippen LogP contribution in [0, 0.1) is 11.7 Å². The molecule has 0 bridgehead atoms. The number of hydrogen-bond acceptors (Lipinski definition) is 1. The molecule has 0 saturated heterocycles. The molecule has 2 rings (SSSR count). The molecule has 0 amide bonds. The van der Waals surface area contributed by atoms with E-state index in [4.69, 9.17) is 0 Å². The normalized spacial score (nSPS) is 17.8. The van der Waals surface area contributed by atoms with Crippen LogP contribution in [-0.2, 0) is 6.54 Å². The van der Waals surface area contributed by atoms with Crippen molar-refractivity contribution in [2.45, 2.75) is 32.4 Å². The number of hydrogen-bond donors (Lipinski definition) is 0. The van der Waals surface area contributed by atoms with Gasteiger partial charge in [0.25, 0.3) is 0 Å². The smallest absolute Gasteiger partial charge is 0.124 e. The molecular formula is C13H17BrFN. The summed E-state index contributed by atoms with van der Waals surface area (Å²) in [5.41, 5.74) is 1.03. The molecule has 1 fully saturated rings. The third kappa shape index (κ3) is 3.05. The van der Waals surface area contributed by atoms with E-state index in [2.05, 4.69) is 34.8 Å². The fourth-order valence-electron chi connectivity index (χ4n) is 2.07. The third-order valence-electron chi connectivity index (χ3n) is 3.35. The van der Waals surface area contributed by atoms with E-state index >= 15 is 0 Å². The average molecular weight is 286 g/mol. The van der Waals surface area contributed by atoms with Crippen LogP contribution in [0.2, 0.25) is 0 Å². The molecule has 3 heteroatoms. The van der Waals surface area contributed by atoms with Crippen molar-refractivity contribution in [3.8, 4) is 0 Å². The fourth-order valence-corrected chi connectivity index (χ4v) is 2.59. The lowest BCUT2D eigenvalue weighted by atomic mass is 10.1. The van der Waals surface area contributed by atoms with Gasteiger partial charge < -0.3 is 0 Å². The molecule has 1 unspecified atom stereocenters. The summed E-state index contributed by atoms with van der Waals surface area (Å²) in [4.78, 5) is 2.30. The predicted octanol–water partition coefficient (Wildman–Crippen LogP) is 3.82. The number of rotatable bonds is 4. The van der Waals surface area contributed by atoms with Crippen molar-refractivity contribution < 1.29 is 4.39 Å². The van der Waals surface area contributed by atoms with E-state index < -0.39 is 0 Å². The lowest BCUT2D eigenvalue weighted by Crippen LogP contribution is -2.30. The minimum atomic E-state index is -0.170. The van der Waals surface area contributed by atoms with Gasteiger partial charge in [-0.15, -0.1) is 0 Å². The van der Waals surface area contributed by atoms with Gasteiger partial charge in [-0.05, 0) is 56.5 Å². The van der Waals surface area contributed by atoms with Crippen LogP contribution in [0.4, 0.5) is 4.39 Å². The molecule has 1 aromatic carbocycles. The molecule has 1 aliphatic rings. The summed E-state index contributed by atoms with van der Waals surface area (Å²) >= 11 is 3.32. The van der Waals surface area contributed by atoms with Gasteiger partial charge in [0.1, 0.15) is 5.82 Å². The van der Waals surface area contributed by atoms with Crippen molar-refractivity contribution in [3.05, 3.63) is 34.1 Å². The minimum Gasteiger partial charge on any atom is -0.299 e. The van der Waals surface area contributed by atoms with Gasteiger partial charge in [-0.3, -0.25) is 4.90 Å². The summed E-state index contributed by atoms with van der Waals surface area (Å²) in [6.45, 7) is 3.07. The Hall–Kier alpha value is -0.410. The minimum absolute atomic E-state index is 0.170. The van der Waals surface area contributed by atoms with Crippen molar-refractivity contribution in [2.75, 3.05) is 7.05 Å². The molecule has 1 aromatic rings. The van der Waals surface area contributed by atoms with Crippen LogP contribution >= 0.6 is 15.9 Å². The molecule has 1 atom stereocenters. The summed E-state index contributed by atoms with van der Waals surface area (Å²) in [5.74, 6) is 0.679. The monoisotopic (exact) mass is 285 g/mol. The summed E-state index contributed by atoms with van der Waals surface area (Å²) in [7, 11) is 2.11. The lowest BCUT2D eigenvalue weighted by Gasteiger charge is -2.24. The van der Waals surface area contributed by atoms with E-state index in [0.717, 1.165) is 22.5 Å². The maximum absolute atomic E-state index is 13.2. The molecule has 0 radical (unpaired) electrons. The highest BCUT2D eigenvalue weighted by Gasteiger charge is 2.30. The first kappa shape index (κ1) is 12.1. The van der Waals surface area contributed by atoms with Crippen LogP contribution in [-0.4, -0.2) is 18.0 Å². The first-order valence-corrected chi connectivity index (χ1v) is 6.51. The first-order chi connectivity index (χ1) is 7.56. The van der Waals surface area contributed by atoms with Gasteiger partial charge in [0, 0.05) is 17.1 Å². The first-order valence-electron chi connectivity index (χ1n) is 5.71. The molecule has 88 valence electrons. The van der Waals surface area contributed by atoms with Gasteiger partial charge >= 0.3 is 0 Å². The van der Waals surface area contributed by atoms with Crippen LogP contribution < -0.4 is 0 Å². The Balaban J connectivity index is 2.01. The van der Waals surface area contributed by atoms with E-state index in [1.165, 1.54) is 18.9 Å². The van der Waals surface area contributed by atoms with Crippen molar-refractivity contribution in [3.63, 3.8) is 0 Å². The van der Waals surface area contributed by atoms with Crippen molar-refractivity contribution in [2.24, 2.45) is 5.92 Å².